The first-order chi connectivity index (χ1) is 10.3. The van der Waals surface area contributed by atoms with Gasteiger partial charge in [0.25, 0.3) is 0 Å². The van der Waals surface area contributed by atoms with E-state index in [-0.39, 0.29) is 11.9 Å². The fraction of sp³-hybridized carbons (Fsp3) is 0.400. The number of carbonyl (C=O) groups excluding carboxylic acids is 1. The maximum atomic E-state index is 11.8. The van der Waals surface area contributed by atoms with E-state index in [9.17, 15) is 4.79 Å². The molecule has 21 heavy (non-hydrogen) atoms. The predicted octanol–water partition coefficient (Wildman–Crippen LogP) is 2.43. The van der Waals surface area contributed by atoms with Gasteiger partial charge in [-0.05, 0) is 18.9 Å². The second-order valence-electron chi connectivity index (χ2n) is 5.48. The summed E-state index contributed by atoms with van der Waals surface area (Å²) in [4.78, 5) is 16.5. The molecule has 1 aromatic carbocycles. The first-order valence-electron chi connectivity index (χ1n) is 7.23. The van der Waals surface area contributed by atoms with E-state index in [1.807, 2.05) is 29.4 Å². The minimum Gasteiger partial charge on any atom is -0.353 e. The number of aliphatic imine (C=N–C) groups is 1. The zero-order chi connectivity index (χ0) is 14.2. The summed E-state index contributed by atoms with van der Waals surface area (Å²) in [6, 6.07) is 8.79. The molecule has 1 N–H and O–H groups in total. The molecule has 1 aliphatic carbocycles. The summed E-state index contributed by atoms with van der Waals surface area (Å²) >= 11 is 1.47. The predicted molar refractivity (Wildman–Crippen MR) is 84.8 cm³/mol. The highest BCUT2D eigenvalue weighted by Gasteiger charge is 2.33. The van der Waals surface area contributed by atoms with E-state index in [4.69, 9.17) is 0 Å². The maximum absolute atomic E-state index is 11.8. The fourth-order valence-corrected chi connectivity index (χ4v) is 3.42. The lowest BCUT2D eigenvalue weighted by Gasteiger charge is -2.29. The lowest BCUT2D eigenvalue weighted by Crippen LogP contribution is -2.31. The molecule has 4 rings (SSSR count). The summed E-state index contributed by atoms with van der Waals surface area (Å²) in [5.41, 5.74) is 2.20. The van der Waals surface area contributed by atoms with Crippen molar-refractivity contribution in [2.24, 2.45) is 10.1 Å². The molecule has 108 valence electrons. The number of thioether (sulfide) groups is 1. The van der Waals surface area contributed by atoms with Crippen molar-refractivity contribution in [2.75, 3.05) is 5.75 Å². The van der Waals surface area contributed by atoms with E-state index in [1.165, 1.54) is 17.3 Å². The number of rotatable bonds is 3. The summed E-state index contributed by atoms with van der Waals surface area (Å²) < 4.78 is 0. The highest BCUT2D eigenvalue weighted by molar-refractivity contribution is 8.14. The number of hydrazone groups is 1. The quantitative estimate of drug-likeness (QED) is 0.932. The first-order valence-corrected chi connectivity index (χ1v) is 8.21. The number of fused-ring (bicyclic) bond motifs is 3. The first kappa shape index (κ1) is 12.9. The molecule has 1 saturated carbocycles. The van der Waals surface area contributed by atoms with Crippen LogP contribution in [0.3, 0.4) is 0 Å². The van der Waals surface area contributed by atoms with Gasteiger partial charge in [0.2, 0.25) is 5.91 Å². The van der Waals surface area contributed by atoms with Gasteiger partial charge >= 0.3 is 0 Å². The molecule has 0 bridgehead atoms. The van der Waals surface area contributed by atoms with Crippen LogP contribution in [-0.4, -0.2) is 34.1 Å². The third-order valence-electron chi connectivity index (χ3n) is 3.81. The number of amides is 1. The van der Waals surface area contributed by atoms with Gasteiger partial charge in [0.15, 0.2) is 5.17 Å². The van der Waals surface area contributed by atoms with Crippen LogP contribution in [0.15, 0.2) is 34.4 Å². The Kier molecular flexibility index (Phi) is 3.18. The number of hydrogen-bond acceptors (Lipinski definition) is 5. The maximum Gasteiger partial charge on any atom is 0.230 e. The fourth-order valence-electron chi connectivity index (χ4n) is 2.61. The number of para-hydroxylation sites is 1. The number of nitrogens with one attached hydrogen (secondary N) is 1. The van der Waals surface area contributed by atoms with Crippen molar-refractivity contribution in [2.45, 2.75) is 31.3 Å². The van der Waals surface area contributed by atoms with Gasteiger partial charge in [0.05, 0.1) is 17.5 Å². The molecule has 0 radical (unpaired) electrons. The van der Waals surface area contributed by atoms with Crippen LogP contribution in [0.25, 0.3) is 0 Å². The monoisotopic (exact) mass is 300 g/mol. The molecule has 1 atom stereocenters. The Morgan fingerprint density at radius 2 is 2.24 bits per heavy atom. The van der Waals surface area contributed by atoms with Gasteiger partial charge in [0.1, 0.15) is 0 Å². The molecule has 0 aromatic heterocycles. The van der Waals surface area contributed by atoms with E-state index < -0.39 is 0 Å². The van der Waals surface area contributed by atoms with E-state index in [0.29, 0.717) is 11.8 Å². The Balaban J connectivity index is 1.51. The summed E-state index contributed by atoms with van der Waals surface area (Å²) in [6.45, 7) is 0. The van der Waals surface area contributed by atoms with Crippen LogP contribution in [-0.2, 0) is 4.79 Å². The van der Waals surface area contributed by atoms with E-state index in [0.717, 1.165) is 30.1 Å². The van der Waals surface area contributed by atoms with Crippen LogP contribution >= 0.6 is 11.8 Å². The van der Waals surface area contributed by atoms with Crippen LogP contribution in [0.5, 0.6) is 0 Å². The van der Waals surface area contributed by atoms with Gasteiger partial charge in [-0.2, -0.15) is 5.10 Å². The van der Waals surface area contributed by atoms with Crippen LogP contribution < -0.4 is 5.32 Å². The zero-order valence-electron chi connectivity index (χ0n) is 11.5. The molecule has 0 spiro atoms. The molecule has 1 fully saturated rings. The Bertz CT molecular complexity index is 638. The van der Waals surface area contributed by atoms with Crippen molar-refractivity contribution in [1.29, 1.82) is 0 Å². The average molecular weight is 300 g/mol. The molecular weight excluding hydrogens is 284 g/mol. The van der Waals surface area contributed by atoms with Gasteiger partial charge in [-0.3, -0.25) is 4.79 Å². The molecule has 0 saturated heterocycles. The topological polar surface area (TPSA) is 57.1 Å². The minimum atomic E-state index is 0.0868. The summed E-state index contributed by atoms with van der Waals surface area (Å²) in [6.07, 6.45) is 5.05. The second kappa shape index (κ2) is 5.18. The molecular formula is C15H16N4OS. The number of hydrogen-bond donors (Lipinski definition) is 1. The lowest BCUT2D eigenvalue weighted by molar-refractivity contribution is -0.118. The van der Waals surface area contributed by atoms with Crippen molar-refractivity contribution in [3.63, 3.8) is 0 Å². The molecule has 1 amide bonds. The largest absolute Gasteiger partial charge is 0.353 e. The normalized spacial score (nSPS) is 22.6. The van der Waals surface area contributed by atoms with E-state index in [1.54, 1.807) is 0 Å². The van der Waals surface area contributed by atoms with Crippen molar-refractivity contribution in [3.8, 4) is 0 Å². The molecule has 2 heterocycles. The van der Waals surface area contributed by atoms with Crippen molar-refractivity contribution in [1.82, 2.24) is 10.3 Å². The third-order valence-corrected chi connectivity index (χ3v) is 4.76. The van der Waals surface area contributed by atoms with Crippen LogP contribution in [0.4, 0.5) is 5.69 Å². The molecule has 1 aromatic rings. The lowest BCUT2D eigenvalue weighted by atomic mass is 10.0. The van der Waals surface area contributed by atoms with Crippen LogP contribution in [0.1, 0.15) is 30.9 Å². The second-order valence-corrected chi connectivity index (χ2v) is 6.42. The van der Waals surface area contributed by atoms with E-state index in [2.05, 4.69) is 21.5 Å². The van der Waals surface area contributed by atoms with Gasteiger partial charge in [-0.25, -0.2) is 10.0 Å². The molecule has 1 unspecified atom stereocenters. The number of benzene rings is 1. The highest BCUT2D eigenvalue weighted by Crippen LogP contribution is 2.40. The highest BCUT2D eigenvalue weighted by atomic mass is 32.2. The SMILES string of the molecule is O=C(CSC1=Nc2ccccc2C2CC=NN12)NC1CC1. The van der Waals surface area contributed by atoms with Gasteiger partial charge in [-0.15, -0.1) is 0 Å². The number of nitrogens with zero attached hydrogens (tertiary/aromatic N) is 3. The van der Waals surface area contributed by atoms with Crippen molar-refractivity contribution < 1.29 is 4.79 Å². The van der Waals surface area contributed by atoms with Gasteiger partial charge in [0, 0.05) is 24.2 Å². The molecule has 5 nitrogen and oxygen atoms in total. The summed E-state index contributed by atoms with van der Waals surface area (Å²) in [5.74, 6) is 0.486. The van der Waals surface area contributed by atoms with Crippen LogP contribution in [0.2, 0.25) is 0 Å². The van der Waals surface area contributed by atoms with Gasteiger partial charge < -0.3 is 5.32 Å². The summed E-state index contributed by atoms with van der Waals surface area (Å²) in [7, 11) is 0. The minimum absolute atomic E-state index is 0.0868. The Hall–Kier alpha value is -1.82. The zero-order valence-corrected chi connectivity index (χ0v) is 12.3. The van der Waals surface area contributed by atoms with Crippen molar-refractivity contribution in [3.05, 3.63) is 29.8 Å². The number of carbonyl (C=O) groups is 1. The average Bonchev–Trinajstić information content (AvgIpc) is 3.16. The summed E-state index contributed by atoms with van der Waals surface area (Å²) in [5, 5.41) is 10.2. The van der Waals surface area contributed by atoms with Gasteiger partial charge in [-0.1, -0.05) is 30.0 Å². The molecule has 3 aliphatic rings. The van der Waals surface area contributed by atoms with Crippen LogP contribution in [0, 0.1) is 0 Å². The van der Waals surface area contributed by atoms with E-state index >= 15 is 0 Å². The standard InChI is InChI=1S/C15H16N4OS/c20-14(17-10-5-6-10)9-21-15-18-12-4-2-1-3-11(12)13-7-8-16-19(13)15/h1-4,8,10,13H,5-7,9H2,(H,17,20). The molecule has 6 heteroatoms. The molecule has 2 aliphatic heterocycles. The Labute approximate surface area is 127 Å². The Morgan fingerprint density at radius 3 is 3.10 bits per heavy atom. The number of amidine groups is 1. The third kappa shape index (κ3) is 2.55. The van der Waals surface area contributed by atoms with Crippen molar-refractivity contribution >= 4 is 34.7 Å². The Morgan fingerprint density at radius 1 is 1.38 bits per heavy atom. The smallest absolute Gasteiger partial charge is 0.230 e.